The third-order valence-electron chi connectivity index (χ3n) is 5.11. The molecule has 6 heteroatoms. The van der Waals surface area contributed by atoms with E-state index in [0.717, 1.165) is 41.3 Å². The molecule has 1 amide bonds. The number of nitrogens with one attached hydrogen (secondary N) is 2. The van der Waals surface area contributed by atoms with Crippen LogP contribution in [0.15, 0.2) is 47.3 Å². The van der Waals surface area contributed by atoms with E-state index in [0.29, 0.717) is 16.3 Å². The topological polar surface area (TPSA) is 79.0 Å². The van der Waals surface area contributed by atoms with Crippen molar-refractivity contribution in [2.24, 2.45) is 0 Å². The Labute approximate surface area is 166 Å². The molecule has 0 atom stereocenters. The second-order valence-corrected chi connectivity index (χ2v) is 7.44. The van der Waals surface area contributed by atoms with Crippen molar-refractivity contribution in [2.45, 2.75) is 32.1 Å². The van der Waals surface area contributed by atoms with Crippen LogP contribution < -0.4 is 10.9 Å². The lowest BCUT2D eigenvalue weighted by molar-refractivity contribution is -0.116. The molecule has 3 aromatic rings. The number of ketones is 1. The zero-order valence-electron chi connectivity index (χ0n) is 15.2. The zero-order chi connectivity index (χ0) is 19.7. The highest BCUT2D eigenvalue weighted by atomic mass is 35.5. The van der Waals surface area contributed by atoms with Gasteiger partial charge in [-0.15, -0.1) is 0 Å². The number of carbonyl (C=O) groups is 2. The minimum atomic E-state index is -0.245. The molecular formula is C22H19ClN2O3. The van der Waals surface area contributed by atoms with Crippen LogP contribution in [-0.4, -0.2) is 16.7 Å². The minimum absolute atomic E-state index is 0.0444. The van der Waals surface area contributed by atoms with E-state index in [1.165, 1.54) is 0 Å². The summed E-state index contributed by atoms with van der Waals surface area (Å²) in [7, 11) is 0. The summed E-state index contributed by atoms with van der Waals surface area (Å²) in [5, 5.41) is 4.40. The maximum absolute atomic E-state index is 12.2. The van der Waals surface area contributed by atoms with Gasteiger partial charge in [-0.3, -0.25) is 14.4 Å². The van der Waals surface area contributed by atoms with E-state index in [1.807, 2.05) is 12.1 Å². The van der Waals surface area contributed by atoms with Gasteiger partial charge in [0, 0.05) is 40.1 Å². The first-order chi connectivity index (χ1) is 13.5. The van der Waals surface area contributed by atoms with Crippen LogP contribution in [0.2, 0.25) is 5.02 Å². The summed E-state index contributed by atoms with van der Waals surface area (Å²) in [6, 6.07) is 12.2. The molecule has 0 saturated heterocycles. The average molecular weight is 395 g/mol. The van der Waals surface area contributed by atoms with E-state index in [1.54, 1.807) is 30.3 Å². The first-order valence-electron chi connectivity index (χ1n) is 9.27. The Morgan fingerprint density at radius 1 is 1.00 bits per heavy atom. The van der Waals surface area contributed by atoms with Gasteiger partial charge in [-0.25, -0.2) is 0 Å². The fourth-order valence-electron chi connectivity index (χ4n) is 3.71. The smallest absolute Gasteiger partial charge is 0.251 e. The van der Waals surface area contributed by atoms with Crippen LogP contribution in [0.25, 0.3) is 10.9 Å². The summed E-state index contributed by atoms with van der Waals surface area (Å²) in [4.78, 5) is 39.5. The van der Waals surface area contributed by atoms with Crippen molar-refractivity contribution in [2.75, 3.05) is 5.32 Å². The highest BCUT2D eigenvalue weighted by Gasteiger charge is 2.18. The Kier molecular flexibility index (Phi) is 5.01. The van der Waals surface area contributed by atoms with Crippen molar-refractivity contribution in [3.63, 3.8) is 0 Å². The largest absolute Gasteiger partial charge is 0.326 e. The van der Waals surface area contributed by atoms with E-state index >= 15 is 0 Å². The summed E-state index contributed by atoms with van der Waals surface area (Å²) in [6.07, 6.45) is 2.93. The molecular weight excluding hydrogens is 376 g/mol. The van der Waals surface area contributed by atoms with Crippen molar-refractivity contribution < 1.29 is 9.59 Å². The predicted molar refractivity (Wildman–Crippen MR) is 110 cm³/mol. The van der Waals surface area contributed by atoms with Gasteiger partial charge in [0.1, 0.15) is 0 Å². The van der Waals surface area contributed by atoms with Crippen molar-refractivity contribution in [3.05, 3.63) is 74.5 Å². The van der Waals surface area contributed by atoms with Gasteiger partial charge < -0.3 is 10.3 Å². The second-order valence-electron chi connectivity index (χ2n) is 7.00. The number of benzene rings is 2. The molecule has 4 rings (SSSR count). The molecule has 0 radical (unpaired) electrons. The lowest BCUT2D eigenvalue weighted by Gasteiger charge is -2.09. The summed E-state index contributed by atoms with van der Waals surface area (Å²) in [5.41, 5.74) is 3.81. The summed E-state index contributed by atoms with van der Waals surface area (Å²) < 4.78 is 0. The monoisotopic (exact) mass is 394 g/mol. The normalized spacial score (nSPS) is 12.8. The summed E-state index contributed by atoms with van der Waals surface area (Å²) in [6.45, 7) is 0. The number of fused-ring (bicyclic) bond motifs is 3. The van der Waals surface area contributed by atoms with E-state index in [-0.39, 0.29) is 30.1 Å². The van der Waals surface area contributed by atoms with E-state index in [4.69, 9.17) is 11.6 Å². The number of halogens is 1. The van der Waals surface area contributed by atoms with E-state index < -0.39 is 0 Å². The number of anilines is 1. The Morgan fingerprint density at radius 3 is 2.54 bits per heavy atom. The number of rotatable bonds is 5. The predicted octanol–water partition coefficient (Wildman–Crippen LogP) is 4.27. The zero-order valence-corrected chi connectivity index (χ0v) is 15.9. The molecule has 142 valence electrons. The Balaban J connectivity index is 1.44. The van der Waals surface area contributed by atoms with Gasteiger partial charge in [-0.1, -0.05) is 17.7 Å². The van der Waals surface area contributed by atoms with Gasteiger partial charge >= 0.3 is 0 Å². The Hall–Kier alpha value is -2.92. The Bertz CT molecular complexity index is 1130. The quantitative estimate of drug-likeness (QED) is 0.634. The van der Waals surface area contributed by atoms with Gasteiger partial charge in [-0.2, -0.15) is 0 Å². The number of amides is 1. The van der Waals surface area contributed by atoms with Gasteiger partial charge in [0.15, 0.2) is 5.78 Å². The molecule has 28 heavy (non-hydrogen) atoms. The van der Waals surface area contributed by atoms with Crippen LogP contribution >= 0.6 is 11.6 Å². The fourth-order valence-corrected chi connectivity index (χ4v) is 3.83. The van der Waals surface area contributed by atoms with Crippen LogP contribution in [0.3, 0.4) is 0 Å². The maximum Gasteiger partial charge on any atom is 0.251 e. The summed E-state index contributed by atoms with van der Waals surface area (Å²) in [5.74, 6) is -0.351. The Morgan fingerprint density at radius 2 is 1.75 bits per heavy atom. The standard InChI is InChI=1S/C22H19ClN2O3/c23-14-6-4-13(5-7-14)20(26)10-11-21(27)24-15-8-9-17-16-2-1-3-18(16)22(28)25-19(17)12-15/h4-9,12H,1-3,10-11H2,(H,24,27)(H,25,28). The highest BCUT2D eigenvalue weighted by Crippen LogP contribution is 2.27. The third-order valence-corrected chi connectivity index (χ3v) is 5.37. The number of carbonyl (C=O) groups excluding carboxylic acids is 2. The van der Waals surface area contributed by atoms with Crippen molar-refractivity contribution in [3.8, 4) is 0 Å². The molecule has 2 aromatic carbocycles. The highest BCUT2D eigenvalue weighted by molar-refractivity contribution is 6.30. The molecule has 2 N–H and O–H groups in total. The molecule has 0 saturated carbocycles. The fraction of sp³-hybridized carbons (Fsp3) is 0.227. The summed E-state index contributed by atoms with van der Waals surface area (Å²) >= 11 is 5.82. The molecule has 1 aromatic heterocycles. The molecule has 0 spiro atoms. The molecule has 1 aliphatic carbocycles. The molecule has 1 heterocycles. The number of H-pyrrole nitrogens is 1. The van der Waals surface area contributed by atoms with Gasteiger partial charge in [0.2, 0.25) is 5.91 Å². The number of aromatic nitrogens is 1. The van der Waals surface area contributed by atoms with Crippen LogP contribution in [0, 0.1) is 0 Å². The second kappa shape index (κ2) is 7.60. The van der Waals surface area contributed by atoms with Crippen LogP contribution in [0.4, 0.5) is 5.69 Å². The third kappa shape index (κ3) is 3.71. The van der Waals surface area contributed by atoms with Crippen molar-refractivity contribution in [1.82, 2.24) is 4.98 Å². The number of hydrogen-bond donors (Lipinski definition) is 2. The van der Waals surface area contributed by atoms with Crippen molar-refractivity contribution >= 4 is 39.9 Å². The molecule has 0 bridgehead atoms. The average Bonchev–Trinajstić information content (AvgIpc) is 3.17. The number of pyridine rings is 1. The van der Waals surface area contributed by atoms with Gasteiger partial charge in [0.05, 0.1) is 5.52 Å². The first-order valence-corrected chi connectivity index (χ1v) is 9.65. The molecule has 0 aliphatic heterocycles. The minimum Gasteiger partial charge on any atom is -0.326 e. The van der Waals surface area contributed by atoms with Crippen LogP contribution in [-0.2, 0) is 17.6 Å². The number of Topliss-reactive ketones (excluding diaryl/α,β-unsaturated/α-hetero) is 1. The van der Waals surface area contributed by atoms with Crippen molar-refractivity contribution in [1.29, 1.82) is 0 Å². The lowest BCUT2D eigenvalue weighted by atomic mass is 10.0. The SMILES string of the molecule is O=C(CCC(=O)c1ccc(Cl)cc1)Nc1ccc2c3c(c(=O)[nH]c2c1)CCC3. The number of hydrogen-bond acceptors (Lipinski definition) is 3. The van der Waals surface area contributed by atoms with E-state index in [9.17, 15) is 14.4 Å². The lowest BCUT2D eigenvalue weighted by Crippen LogP contribution is -2.15. The first kappa shape index (κ1) is 18.4. The number of aryl methyl sites for hydroxylation is 1. The van der Waals surface area contributed by atoms with Gasteiger partial charge in [-0.05, 0) is 61.2 Å². The molecule has 0 unspecified atom stereocenters. The molecule has 5 nitrogen and oxygen atoms in total. The molecule has 0 fully saturated rings. The van der Waals surface area contributed by atoms with E-state index in [2.05, 4.69) is 10.3 Å². The number of aromatic amines is 1. The molecule has 1 aliphatic rings. The maximum atomic E-state index is 12.2. The van der Waals surface area contributed by atoms with Crippen LogP contribution in [0.1, 0.15) is 40.7 Å². The van der Waals surface area contributed by atoms with Crippen LogP contribution in [0.5, 0.6) is 0 Å². The van der Waals surface area contributed by atoms with Gasteiger partial charge in [0.25, 0.3) is 5.56 Å².